The van der Waals surface area contributed by atoms with Crippen molar-refractivity contribution in [1.82, 2.24) is 4.90 Å². The molecule has 1 N–H and O–H groups in total. The van der Waals surface area contributed by atoms with E-state index >= 15 is 0 Å². The average molecular weight is 388 g/mol. The Balaban J connectivity index is 1.45. The van der Waals surface area contributed by atoms with E-state index in [1.54, 1.807) is 10.5 Å². The third-order valence-electron chi connectivity index (χ3n) is 9.72. The number of amides is 1. The Kier molecular flexibility index (Phi) is 5.44. The molecular weight excluding hydrogens is 346 g/mol. The molecule has 28 heavy (non-hydrogen) atoms. The Morgan fingerprint density at radius 1 is 1.14 bits per heavy atom. The minimum Gasteiger partial charge on any atom is -0.393 e. The van der Waals surface area contributed by atoms with E-state index in [0.29, 0.717) is 17.3 Å². The second kappa shape index (κ2) is 7.45. The van der Waals surface area contributed by atoms with Crippen LogP contribution in [0.5, 0.6) is 0 Å². The lowest BCUT2D eigenvalue weighted by molar-refractivity contribution is -0.128. The summed E-state index contributed by atoms with van der Waals surface area (Å²) in [7, 11) is 3.73. The predicted molar refractivity (Wildman–Crippen MR) is 114 cm³/mol. The van der Waals surface area contributed by atoms with Crippen LogP contribution in [-0.2, 0) is 4.79 Å². The van der Waals surface area contributed by atoms with Gasteiger partial charge in [0.15, 0.2) is 0 Å². The molecule has 1 amide bonds. The second-order valence-corrected chi connectivity index (χ2v) is 11.2. The van der Waals surface area contributed by atoms with Gasteiger partial charge >= 0.3 is 0 Å². The molecule has 0 heterocycles. The van der Waals surface area contributed by atoms with E-state index in [-0.39, 0.29) is 12.0 Å². The molecule has 4 aliphatic carbocycles. The number of nitrogens with zero attached hydrogens (tertiary/aromatic N) is 1. The van der Waals surface area contributed by atoms with Crippen LogP contribution in [0, 0.1) is 34.5 Å². The van der Waals surface area contributed by atoms with E-state index in [0.717, 1.165) is 42.9 Å². The number of aliphatic hydroxyl groups is 1. The first kappa shape index (κ1) is 20.4. The molecule has 0 bridgehead atoms. The highest BCUT2D eigenvalue weighted by Gasteiger charge is 2.58. The summed E-state index contributed by atoms with van der Waals surface area (Å²) >= 11 is 0. The van der Waals surface area contributed by atoms with Gasteiger partial charge in [-0.2, -0.15) is 0 Å². The number of rotatable bonds is 4. The summed E-state index contributed by atoms with van der Waals surface area (Å²) in [6.07, 6.45) is 15.3. The van der Waals surface area contributed by atoms with Crippen molar-refractivity contribution in [2.75, 3.05) is 14.1 Å². The molecule has 7 atom stereocenters. The van der Waals surface area contributed by atoms with Crippen molar-refractivity contribution in [2.45, 2.75) is 90.6 Å². The van der Waals surface area contributed by atoms with Crippen LogP contribution in [0.3, 0.4) is 0 Å². The summed E-state index contributed by atoms with van der Waals surface area (Å²) in [6, 6.07) is 0. The van der Waals surface area contributed by atoms with E-state index in [2.05, 4.69) is 19.9 Å². The molecule has 0 aromatic rings. The van der Waals surface area contributed by atoms with E-state index in [4.69, 9.17) is 0 Å². The smallest absolute Gasteiger partial charge is 0.222 e. The highest BCUT2D eigenvalue weighted by Crippen LogP contribution is 2.66. The van der Waals surface area contributed by atoms with Gasteiger partial charge in [-0.1, -0.05) is 25.5 Å². The molecule has 3 nitrogen and oxygen atoms in total. The van der Waals surface area contributed by atoms with Gasteiger partial charge in [-0.3, -0.25) is 4.79 Å². The molecule has 3 saturated carbocycles. The molecule has 0 radical (unpaired) electrons. The van der Waals surface area contributed by atoms with Gasteiger partial charge in [0.05, 0.1) is 6.10 Å². The first-order chi connectivity index (χ1) is 13.3. The molecule has 158 valence electrons. The Hall–Kier alpha value is -0.830. The maximum absolute atomic E-state index is 12.0. The highest BCUT2D eigenvalue weighted by atomic mass is 16.3. The third kappa shape index (κ3) is 3.26. The fourth-order valence-electron chi connectivity index (χ4n) is 7.95. The van der Waals surface area contributed by atoms with Crippen molar-refractivity contribution in [3.63, 3.8) is 0 Å². The normalized spacial score (nSPS) is 44.9. The lowest BCUT2D eigenvalue weighted by Gasteiger charge is -2.58. The van der Waals surface area contributed by atoms with E-state index in [1.807, 2.05) is 14.1 Å². The molecule has 7 unspecified atom stereocenters. The molecule has 0 aliphatic heterocycles. The zero-order valence-electron chi connectivity index (χ0n) is 18.5. The first-order valence-electron chi connectivity index (χ1n) is 11.8. The fraction of sp³-hybridized carbons (Fsp3) is 0.880. The molecule has 3 heteroatoms. The lowest BCUT2D eigenvalue weighted by Crippen LogP contribution is -2.50. The maximum atomic E-state index is 12.0. The zero-order chi connectivity index (χ0) is 20.1. The lowest BCUT2D eigenvalue weighted by atomic mass is 9.47. The standard InChI is InChI=1S/C25H41NO2/c1-24-15-13-22-20(10-8-18-16-19(27)12-14-25(18,22)2)21(24)11-9-17(24)6-5-7-23(28)26(3)4/h8,17,19-22,27H,5-7,9-16H2,1-4H3. The van der Waals surface area contributed by atoms with Crippen molar-refractivity contribution in [2.24, 2.45) is 34.5 Å². The third-order valence-corrected chi connectivity index (χ3v) is 9.72. The maximum Gasteiger partial charge on any atom is 0.222 e. The monoisotopic (exact) mass is 387 g/mol. The van der Waals surface area contributed by atoms with Gasteiger partial charge in [0.1, 0.15) is 0 Å². The average Bonchev–Trinajstić information content (AvgIpc) is 2.99. The summed E-state index contributed by atoms with van der Waals surface area (Å²) in [4.78, 5) is 13.7. The predicted octanol–water partition coefficient (Wildman–Crippen LogP) is 5.18. The fourth-order valence-corrected chi connectivity index (χ4v) is 7.95. The minimum absolute atomic E-state index is 0.106. The number of hydrogen-bond acceptors (Lipinski definition) is 2. The highest BCUT2D eigenvalue weighted by molar-refractivity contribution is 5.75. The summed E-state index contributed by atoms with van der Waals surface area (Å²) in [5.41, 5.74) is 2.41. The molecule has 0 spiro atoms. The number of hydrogen-bond donors (Lipinski definition) is 1. The second-order valence-electron chi connectivity index (χ2n) is 11.2. The van der Waals surface area contributed by atoms with Crippen LogP contribution in [-0.4, -0.2) is 36.1 Å². The van der Waals surface area contributed by atoms with Gasteiger partial charge in [-0.05, 0) is 98.7 Å². The Morgan fingerprint density at radius 3 is 2.68 bits per heavy atom. The van der Waals surface area contributed by atoms with Crippen LogP contribution in [0.4, 0.5) is 0 Å². The molecule has 0 aromatic heterocycles. The summed E-state index contributed by atoms with van der Waals surface area (Å²) in [5.74, 6) is 3.62. The first-order valence-corrected chi connectivity index (χ1v) is 11.8. The van der Waals surface area contributed by atoms with Crippen molar-refractivity contribution >= 4 is 5.91 Å². The molecular formula is C25H41NO2. The molecule has 4 aliphatic rings. The quantitative estimate of drug-likeness (QED) is 0.675. The van der Waals surface area contributed by atoms with Gasteiger partial charge in [0.2, 0.25) is 5.91 Å². The van der Waals surface area contributed by atoms with Gasteiger partial charge in [-0.15, -0.1) is 0 Å². The van der Waals surface area contributed by atoms with Crippen molar-refractivity contribution in [3.05, 3.63) is 11.6 Å². The molecule has 0 saturated heterocycles. The van der Waals surface area contributed by atoms with Crippen LogP contribution in [0.15, 0.2) is 11.6 Å². The van der Waals surface area contributed by atoms with Crippen molar-refractivity contribution in [3.8, 4) is 0 Å². The molecule has 4 rings (SSSR count). The topological polar surface area (TPSA) is 40.5 Å². The summed E-state index contributed by atoms with van der Waals surface area (Å²) < 4.78 is 0. The van der Waals surface area contributed by atoms with Crippen LogP contribution in [0.25, 0.3) is 0 Å². The van der Waals surface area contributed by atoms with Crippen LogP contribution < -0.4 is 0 Å². The van der Waals surface area contributed by atoms with Crippen molar-refractivity contribution < 1.29 is 9.90 Å². The van der Waals surface area contributed by atoms with Crippen LogP contribution in [0.2, 0.25) is 0 Å². The number of fused-ring (bicyclic) bond motifs is 5. The Morgan fingerprint density at radius 2 is 1.93 bits per heavy atom. The zero-order valence-corrected chi connectivity index (χ0v) is 18.5. The largest absolute Gasteiger partial charge is 0.393 e. The van der Waals surface area contributed by atoms with Gasteiger partial charge in [0.25, 0.3) is 0 Å². The number of aliphatic hydroxyl groups excluding tert-OH is 1. The number of carbonyl (C=O) groups is 1. The summed E-state index contributed by atoms with van der Waals surface area (Å²) in [6.45, 7) is 5.11. The van der Waals surface area contributed by atoms with E-state index in [9.17, 15) is 9.90 Å². The number of carbonyl (C=O) groups excluding carboxylic acids is 1. The Labute approximate surface area is 172 Å². The van der Waals surface area contributed by atoms with Crippen molar-refractivity contribution in [1.29, 1.82) is 0 Å². The summed E-state index contributed by atoms with van der Waals surface area (Å²) in [5, 5.41) is 10.2. The van der Waals surface area contributed by atoms with Gasteiger partial charge < -0.3 is 10.0 Å². The van der Waals surface area contributed by atoms with E-state index < -0.39 is 0 Å². The SMILES string of the molecule is CN(C)C(=O)CCCC1CCC2C3CC=C4CC(O)CCC4(C)C3CCC12C. The van der Waals surface area contributed by atoms with E-state index in [1.165, 1.54) is 44.9 Å². The molecule has 0 aromatic carbocycles. The minimum atomic E-state index is -0.106. The molecule has 3 fully saturated rings. The Bertz CT molecular complexity index is 640. The van der Waals surface area contributed by atoms with Crippen LogP contribution >= 0.6 is 0 Å². The van der Waals surface area contributed by atoms with Crippen LogP contribution in [0.1, 0.15) is 84.5 Å². The number of allylic oxidation sites excluding steroid dienone is 1. The van der Waals surface area contributed by atoms with Gasteiger partial charge in [-0.25, -0.2) is 0 Å². The van der Waals surface area contributed by atoms with Gasteiger partial charge in [0, 0.05) is 20.5 Å².